The zero-order chi connectivity index (χ0) is 25.3. The van der Waals surface area contributed by atoms with E-state index in [9.17, 15) is 17.6 Å². The Morgan fingerprint density at radius 3 is 2.64 bits per heavy atom. The molecule has 36 heavy (non-hydrogen) atoms. The number of aromatic nitrogens is 4. The molecule has 0 spiro atoms. The first-order chi connectivity index (χ1) is 17.3. The van der Waals surface area contributed by atoms with Gasteiger partial charge in [0.2, 0.25) is 0 Å². The molecule has 0 atom stereocenters. The van der Waals surface area contributed by atoms with Gasteiger partial charge in [0.25, 0.3) is 0 Å². The van der Waals surface area contributed by atoms with E-state index in [1.54, 1.807) is 31.6 Å². The second-order valence-electron chi connectivity index (χ2n) is 8.06. The Balaban J connectivity index is 1.56. The minimum atomic E-state index is -4.81. The van der Waals surface area contributed by atoms with Crippen molar-refractivity contribution in [3.05, 3.63) is 60.3 Å². The first kappa shape index (κ1) is 23.7. The predicted octanol–water partition coefficient (Wildman–Crippen LogP) is 4.41. The minimum absolute atomic E-state index is 0.141. The van der Waals surface area contributed by atoms with E-state index in [4.69, 9.17) is 9.72 Å². The van der Waals surface area contributed by atoms with E-state index < -0.39 is 17.6 Å². The Morgan fingerprint density at radius 2 is 1.89 bits per heavy atom. The molecule has 0 unspecified atom stereocenters. The smallest absolute Gasteiger partial charge is 0.419 e. The monoisotopic (exact) mass is 499 g/mol. The standard InChI is InChI=1S/C24H21F4N7O/c1-36-18-13-30-12-17-20(18)23(35-9-7-29-8-10-35)34-22(33-17)14-5-6-31-19(11-14)32-16-4-2-3-15(21(16)25)24(26,27)28/h2-6,11-13,29H,7-10H2,1H3,(H,31,32). The van der Waals surface area contributed by atoms with Crippen LogP contribution < -0.4 is 20.3 Å². The third-order valence-corrected chi connectivity index (χ3v) is 5.77. The highest BCUT2D eigenvalue weighted by Gasteiger charge is 2.35. The number of alkyl halides is 3. The molecule has 0 aliphatic carbocycles. The Morgan fingerprint density at radius 1 is 1.08 bits per heavy atom. The average molecular weight is 499 g/mol. The van der Waals surface area contributed by atoms with Gasteiger partial charge < -0.3 is 20.3 Å². The van der Waals surface area contributed by atoms with Gasteiger partial charge in [0.15, 0.2) is 11.6 Å². The highest BCUT2D eigenvalue weighted by molar-refractivity contribution is 5.95. The summed E-state index contributed by atoms with van der Waals surface area (Å²) in [5, 5.41) is 6.68. The summed E-state index contributed by atoms with van der Waals surface area (Å²) < 4.78 is 59.3. The summed E-state index contributed by atoms with van der Waals surface area (Å²) in [5.74, 6) is 0.331. The fourth-order valence-electron chi connectivity index (χ4n) is 4.05. The number of benzene rings is 1. The number of fused-ring (bicyclic) bond motifs is 1. The van der Waals surface area contributed by atoms with Gasteiger partial charge in [-0.2, -0.15) is 13.2 Å². The summed E-state index contributed by atoms with van der Waals surface area (Å²) >= 11 is 0. The molecule has 3 aromatic heterocycles. The van der Waals surface area contributed by atoms with E-state index in [1.807, 2.05) is 0 Å². The summed E-state index contributed by atoms with van der Waals surface area (Å²) in [6.07, 6.45) is -0.140. The van der Waals surface area contributed by atoms with Gasteiger partial charge in [-0.15, -0.1) is 0 Å². The van der Waals surface area contributed by atoms with Crippen molar-refractivity contribution in [2.75, 3.05) is 43.5 Å². The van der Waals surface area contributed by atoms with Gasteiger partial charge in [0.1, 0.15) is 17.4 Å². The number of pyridine rings is 2. The quantitative estimate of drug-likeness (QED) is 0.391. The van der Waals surface area contributed by atoms with Gasteiger partial charge >= 0.3 is 6.18 Å². The fraction of sp³-hybridized carbons (Fsp3) is 0.250. The fourth-order valence-corrected chi connectivity index (χ4v) is 4.05. The van der Waals surface area contributed by atoms with Crippen molar-refractivity contribution >= 4 is 28.2 Å². The van der Waals surface area contributed by atoms with Crippen molar-refractivity contribution < 1.29 is 22.3 Å². The molecule has 0 amide bonds. The van der Waals surface area contributed by atoms with Crippen LogP contribution in [-0.4, -0.2) is 53.2 Å². The number of anilines is 3. The van der Waals surface area contributed by atoms with Gasteiger partial charge in [0.05, 0.1) is 41.7 Å². The maximum atomic E-state index is 14.5. The van der Waals surface area contributed by atoms with Crippen molar-refractivity contribution in [3.8, 4) is 17.1 Å². The van der Waals surface area contributed by atoms with Crippen molar-refractivity contribution in [1.82, 2.24) is 25.3 Å². The van der Waals surface area contributed by atoms with Gasteiger partial charge in [-0.25, -0.2) is 19.3 Å². The molecule has 1 aromatic carbocycles. The summed E-state index contributed by atoms with van der Waals surface area (Å²) in [5.41, 5.74) is -0.586. The van der Waals surface area contributed by atoms with E-state index in [0.717, 1.165) is 37.6 Å². The third kappa shape index (κ3) is 4.59. The lowest BCUT2D eigenvalue weighted by Gasteiger charge is -2.29. The Kier molecular flexibility index (Phi) is 6.27. The SMILES string of the molecule is COc1cncc2nc(-c3ccnc(Nc4cccc(C(F)(F)F)c4F)c3)nc(N3CCNCC3)c12. The zero-order valence-corrected chi connectivity index (χ0v) is 19.1. The van der Waals surface area contributed by atoms with Crippen LogP contribution in [0, 0.1) is 5.82 Å². The number of ether oxygens (including phenoxy) is 1. The number of piperazine rings is 1. The van der Waals surface area contributed by atoms with E-state index in [1.165, 1.54) is 12.3 Å². The first-order valence-corrected chi connectivity index (χ1v) is 11.1. The Labute approximate surface area is 203 Å². The molecule has 1 saturated heterocycles. The van der Waals surface area contributed by atoms with Crippen LogP contribution in [0.4, 0.5) is 34.9 Å². The van der Waals surface area contributed by atoms with Crippen LogP contribution in [0.5, 0.6) is 5.75 Å². The van der Waals surface area contributed by atoms with E-state index >= 15 is 0 Å². The van der Waals surface area contributed by atoms with Crippen LogP contribution in [0.3, 0.4) is 0 Å². The van der Waals surface area contributed by atoms with E-state index in [0.29, 0.717) is 34.5 Å². The molecule has 186 valence electrons. The normalized spacial score (nSPS) is 14.2. The van der Waals surface area contributed by atoms with Crippen LogP contribution in [0.25, 0.3) is 22.3 Å². The van der Waals surface area contributed by atoms with E-state index in [-0.39, 0.29) is 11.5 Å². The summed E-state index contributed by atoms with van der Waals surface area (Å²) in [7, 11) is 1.56. The molecule has 8 nitrogen and oxygen atoms in total. The Hall–Kier alpha value is -4.06. The molecule has 4 heterocycles. The molecule has 1 aliphatic rings. The van der Waals surface area contributed by atoms with Crippen molar-refractivity contribution in [1.29, 1.82) is 0 Å². The van der Waals surface area contributed by atoms with Crippen molar-refractivity contribution in [2.24, 2.45) is 0 Å². The summed E-state index contributed by atoms with van der Waals surface area (Å²) in [6, 6.07) is 6.25. The second-order valence-corrected chi connectivity index (χ2v) is 8.06. The van der Waals surface area contributed by atoms with Gasteiger partial charge in [0, 0.05) is 37.9 Å². The first-order valence-electron chi connectivity index (χ1n) is 11.1. The molecule has 0 bridgehead atoms. The highest BCUT2D eigenvalue weighted by atomic mass is 19.4. The molecular weight excluding hydrogens is 478 g/mol. The lowest BCUT2D eigenvalue weighted by atomic mass is 10.1. The average Bonchev–Trinajstić information content (AvgIpc) is 2.89. The van der Waals surface area contributed by atoms with Crippen molar-refractivity contribution in [2.45, 2.75) is 6.18 Å². The second kappa shape index (κ2) is 9.53. The number of halogens is 4. The molecule has 0 saturated carbocycles. The van der Waals surface area contributed by atoms with Crippen LogP contribution in [0.1, 0.15) is 5.56 Å². The highest BCUT2D eigenvalue weighted by Crippen LogP contribution is 2.36. The number of rotatable bonds is 5. The number of nitrogens with zero attached hydrogens (tertiary/aromatic N) is 5. The number of nitrogens with one attached hydrogen (secondary N) is 2. The van der Waals surface area contributed by atoms with Gasteiger partial charge in [-0.3, -0.25) is 4.98 Å². The molecule has 12 heteroatoms. The zero-order valence-electron chi connectivity index (χ0n) is 19.1. The lowest BCUT2D eigenvalue weighted by Crippen LogP contribution is -2.44. The Bertz CT molecular complexity index is 1410. The van der Waals surface area contributed by atoms with Gasteiger partial charge in [-0.05, 0) is 24.3 Å². The summed E-state index contributed by atoms with van der Waals surface area (Å²) in [6.45, 7) is 3.05. The maximum Gasteiger partial charge on any atom is 0.419 e. The van der Waals surface area contributed by atoms with Crippen LogP contribution in [-0.2, 0) is 6.18 Å². The largest absolute Gasteiger partial charge is 0.494 e. The molecule has 1 fully saturated rings. The van der Waals surface area contributed by atoms with Crippen LogP contribution >= 0.6 is 0 Å². The lowest BCUT2D eigenvalue weighted by molar-refractivity contribution is -0.139. The van der Waals surface area contributed by atoms with Gasteiger partial charge in [-0.1, -0.05) is 6.07 Å². The molecular formula is C24H21F4N7O. The molecule has 1 aliphatic heterocycles. The van der Waals surface area contributed by atoms with Crippen molar-refractivity contribution in [3.63, 3.8) is 0 Å². The predicted molar refractivity (Wildman–Crippen MR) is 127 cm³/mol. The molecule has 4 aromatic rings. The van der Waals surface area contributed by atoms with Crippen LogP contribution in [0.2, 0.25) is 0 Å². The molecule has 5 rings (SSSR count). The number of hydrogen-bond acceptors (Lipinski definition) is 8. The third-order valence-electron chi connectivity index (χ3n) is 5.77. The topological polar surface area (TPSA) is 88.1 Å². The maximum absolute atomic E-state index is 14.5. The van der Waals surface area contributed by atoms with Crippen LogP contribution in [0.15, 0.2) is 48.9 Å². The molecule has 0 radical (unpaired) electrons. The van der Waals surface area contributed by atoms with E-state index in [2.05, 4.69) is 30.5 Å². The molecule has 2 N–H and O–H groups in total. The number of methoxy groups -OCH3 is 1. The number of hydrogen-bond donors (Lipinski definition) is 2. The minimum Gasteiger partial charge on any atom is -0.494 e. The summed E-state index contributed by atoms with van der Waals surface area (Å²) in [4.78, 5) is 19.9.